The van der Waals surface area contributed by atoms with Crippen molar-refractivity contribution in [1.82, 2.24) is 5.32 Å². The molecule has 0 aliphatic heterocycles. The van der Waals surface area contributed by atoms with E-state index < -0.39 is 11.9 Å². The monoisotopic (exact) mass is 317 g/mol. The molecule has 0 spiro atoms. The molecular formula is C18H20FNO3. The molecule has 0 aromatic heterocycles. The summed E-state index contributed by atoms with van der Waals surface area (Å²) in [6.07, 6.45) is -0.312. The molecule has 122 valence electrons. The molecule has 0 fully saturated rings. The molecular weight excluding hydrogens is 297 g/mol. The van der Waals surface area contributed by atoms with Gasteiger partial charge in [0.05, 0.1) is 7.11 Å². The number of methoxy groups -OCH3 is 1. The third-order valence-electron chi connectivity index (χ3n) is 3.41. The number of benzene rings is 2. The number of ether oxygens (including phenoxy) is 2. The molecule has 0 aliphatic carbocycles. The molecule has 23 heavy (non-hydrogen) atoms. The Morgan fingerprint density at radius 1 is 1.13 bits per heavy atom. The number of para-hydroxylation sites is 2. The second-order valence-corrected chi connectivity index (χ2v) is 4.97. The summed E-state index contributed by atoms with van der Waals surface area (Å²) in [6, 6.07) is 13.5. The topological polar surface area (TPSA) is 47.6 Å². The van der Waals surface area contributed by atoms with Crippen molar-refractivity contribution in [2.24, 2.45) is 0 Å². The van der Waals surface area contributed by atoms with E-state index in [1.165, 1.54) is 12.1 Å². The zero-order valence-electron chi connectivity index (χ0n) is 13.2. The van der Waals surface area contributed by atoms with Gasteiger partial charge in [-0.25, -0.2) is 4.39 Å². The molecule has 2 aromatic rings. The summed E-state index contributed by atoms with van der Waals surface area (Å²) >= 11 is 0. The first-order valence-electron chi connectivity index (χ1n) is 7.46. The Morgan fingerprint density at radius 2 is 1.78 bits per heavy atom. The molecule has 2 aromatic carbocycles. The molecule has 0 heterocycles. The summed E-state index contributed by atoms with van der Waals surface area (Å²) in [7, 11) is 1.58. The highest BCUT2D eigenvalue weighted by Gasteiger charge is 2.19. The van der Waals surface area contributed by atoms with E-state index in [0.29, 0.717) is 18.7 Å². The molecule has 2 rings (SSSR count). The van der Waals surface area contributed by atoms with Crippen LogP contribution in [0.2, 0.25) is 0 Å². The van der Waals surface area contributed by atoms with Gasteiger partial charge >= 0.3 is 0 Å². The van der Waals surface area contributed by atoms with Crippen molar-refractivity contribution in [3.05, 3.63) is 59.9 Å². The summed E-state index contributed by atoms with van der Waals surface area (Å²) in [6.45, 7) is 2.13. The lowest BCUT2D eigenvalue weighted by molar-refractivity contribution is -0.128. The summed E-state index contributed by atoms with van der Waals surface area (Å²) < 4.78 is 24.4. The molecule has 1 N–H and O–H groups in total. The lowest BCUT2D eigenvalue weighted by Gasteiger charge is -2.18. The molecule has 0 unspecified atom stereocenters. The summed E-state index contributed by atoms with van der Waals surface area (Å²) in [5.74, 6) is 0.00722. The largest absolute Gasteiger partial charge is 0.496 e. The van der Waals surface area contributed by atoms with E-state index in [-0.39, 0.29) is 11.7 Å². The quantitative estimate of drug-likeness (QED) is 0.852. The van der Waals surface area contributed by atoms with Gasteiger partial charge in [0, 0.05) is 12.1 Å². The van der Waals surface area contributed by atoms with Crippen molar-refractivity contribution >= 4 is 5.91 Å². The van der Waals surface area contributed by atoms with Crippen LogP contribution in [0.3, 0.4) is 0 Å². The molecule has 1 atom stereocenters. The summed E-state index contributed by atoms with van der Waals surface area (Å²) in [5, 5.41) is 2.80. The maximum atomic E-state index is 13.6. The van der Waals surface area contributed by atoms with E-state index >= 15 is 0 Å². The van der Waals surface area contributed by atoms with Crippen LogP contribution in [0.15, 0.2) is 48.5 Å². The molecule has 0 bridgehead atoms. The first kappa shape index (κ1) is 16.8. The van der Waals surface area contributed by atoms with Gasteiger partial charge in [-0.3, -0.25) is 4.79 Å². The van der Waals surface area contributed by atoms with Crippen LogP contribution < -0.4 is 14.8 Å². The lowest BCUT2D eigenvalue weighted by atomic mass is 10.2. The minimum Gasteiger partial charge on any atom is -0.496 e. The minimum atomic E-state index is -0.749. The highest BCUT2D eigenvalue weighted by atomic mass is 19.1. The van der Waals surface area contributed by atoms with Crippen molar-refractivity contribution in [2.45, 2.75) is 26.0 Å². The first-order valence-corrected chi connectivity index (χ1v) is 7.46. The predicted molar refractivity (Wildman–Crippen MR) is 85.9 cm³/mol. The average Bonchev–Trinajstić information content (AvgIpc) is 2.59. The van der Waals surface area contributed by atoms with Crippen LogP contribution in [0, 0.1) is 5.82 Å². The van der Waals surface area contributed by atoms with Crippen molar-refractivity contribution < 1.29 is 18.7 Å². The SMILES string of the molecule is CC[C@H](Oc1ccccc1F)C(=O)NCc1ccccc1OC. The molecule has 0 radical (unpaired) electrons. The normalized spacial score (nSPS) is 11.6. The van der Waals surface area contributed by atoms with Gasteiger partial charge in [-0.05, 0) is 24.6 Å². The third kappa shape index (κ3) is 4.45. The van der Waals surface area contributed by atoms with E-state index in [0.717, 1.165) is 5.56 Å². The van der Waals surface area contributed by atoms with E-state index in [1.807, 2.05) is 31.2 Å². The Kier molecular flexibility index (Phi) is 5.97. The maximum Gasteiger partial charge on any atom is 0.261 e. The second-order valence-electron chi connectivity index (χ2n) is 4.97. The summed E-state index contributed by atoms with van der Waals surface area (Å²) in [5.41, 5.74) is 0.865. The van der Waals surface area contributed by atoms with Gasteiger partial charge in [0.25, 0.3) is 5.91 Å². The first-order chi connectivity index (χ1) is 11.2. The Hall–Kier alpha value is -2.56. The molecule has 1 amide bonds. The van der Waals surface area contributed by atoms with Crippen molar-refractivity contribution in [2.75, 3.05) is 7.11 Å². The van der Waals surface area contributed by atoms with Crippen molar-refractivity contribution in [3.63, 3.8) is 0 Å². The third-order valence-corrected chi connectivity index (χ3v) is 3.41. The van der Waals surface area contributed by atoms with E-state index in [4.69, 9.17) is 9.47 Å². The molecule has 5 heteroatoms. The number of amides is 1. The summed E-state index contributed by atoms with van der Waals surface area (Å²) in [4.78, 5) is 12.3. The van der Waals surface area contributed by atoms with Crippen LogP contribution in [0.5, 0.6) is 11.5 Å². The van der Waals surface area contributed by atoms with Crippen molar-refractivity contribution in [3.8, 4) is 11.5 Å². The minimum absolute atomic E-state index is 0.0757. The van der Waals surface area contributed by atoms with Gasteiger partial charge in [-0.1, -0.05) is 37.3 Å². The van der Waals surface area contributed by atoms with Crippen LogP contribution >= 0.6 is 0 Å². The Morgan fingerprint density at radius 3 is 2.43 bits per heavy atom. The van der Waals surface area contributed by atoms with E-state index in [2.05, 4.69) is 5.32 Å². The highest BCUT2D eigenvalue weighted by Crippen LogP contribution is 2.19. The number of nitrogens with one attached hydrogen (secondary N) is 1. The molecule has 0 saturated carbocycles. The van der Waals surface area contributed by atoms with Gasteiger partial charge in [0.1, 0.15) is 5.75 Å². The number of hydrogen-bond donors (Lipinski definition) is 1. The number of halogens is 1. The van der Waals surface area contributed by atoms with Gasteiger partial charge in [-0.2, -0.15) is 0 Å². The zero-order chi connectivity index (χ0) is 16.7. The Bertz CT molecular complexity index is 660. The fraction of sp³-hybridized carbons (Fsp3) is 0.278. The van der Waals surface area contributed by atoms with Crippen molar-refractivity contribution in [1.29, 1.82) is 0 Å². The van der Waals surface area contributed by atoms with Crippen LogP contribution in [0.1, 0.15) is 18.9 Å². The van der Waals surface area contributed by atoms with Gasteiger partial charge < -0.3 is 14.8 Å². The Labute approximate surface area is 135 Å². The fourth-order valence-corrected chi connectivity index (χ4v) is 2.16. The Balaban J connectivity index is 1.99. The highest BCUT2D eigenvalue weighted by molar-refractivity contribution is 5.81. The number of hydrogen-bond acceptors (Lipinski definition) is 3. The molecule has 0 aliphatic rings. The molecule has 0 saturated heterocycles. The van der Waals surface area contributed by atoms with E-state index in [1.54, 1.807) is 19.2 Å². The van der Waals surface area contributed by atoms with Gasteiger partial charge in [-0.15, -0.1) is 0 Å². The second kappa shape index (κ2) is 8.17. The van der Waals surface area contributed by atoms with Gasteiger partial charge in [0.15, 0.2) is 17.7 Å². The maximum absolute atomic E-state index is 13.6. The van der Waals surface area contributed by atoms with Crippen LogP contribution in [0.25, 0.3) is 0 Å². The van der Waals surface area contributed by atoms with Crippen LogP contribution in [-0.4, -0.2) is 19.1 Å². The number of carbonyl (C=O) groups is 1. The predicted octanol–water partition coefficient (Wildman–Crippen LogP) is 3.31. The number of carbonyl (C=O) groups excluding carboxylic acids is 1. The van der Waals surface area contributed by atoms with Gasteiger partial charge in [0.2, 0.25) is 0 Å². The number of rotatable bonds is 7. The van der Waals surface area contributed by atoms with E-state index in [9.17, 15) is 9.18 Å². The zero-order valence-corrected chi connectivity index (χ0v) is 13.2. The molecule has 4 nitrogen and oxygen atoms in total. The standard InChI is InChI=1S/C18H20FNO3/c1-3-15(23-17-11-7-5-9-14(17)19)18(21)20-12-13-8-4-6-10-16(13)22-2/h4-11,15H,3,12H2,1-2H3,(H,20,21)/t15-/m0/s1. The fourth-order valence-electron chi connectivity index (χ4n) is 2.16. The smallest absolute Gasteiger partial charge is 0.261 e. The average molecular weight is 317 g/mol. The lowest BCUT2D eigenvalue weighted by Crippen LogP contribution is -2.37. The van der Waals surface area contributed by atoms with Crippen LogP contribution in [0.4, 0.5) is 4.39 Å². The van der Waals surface area contributed by atoms with Crippen LogP contribution in [-0.2, 0) is 11.3 Å².